The summed E-state index contributed by atoms with van der Waals surface area (Å²) in [5.41, 5.74) is 4.44. The Morgan fingerprint density at radius 3 is 2.75 bits per heavy atom. The van der Waals surface area contributed by atoms with E-state index < -0.39 is 0 Å². The minimum Gasteiger partial charge on any atom is -0.347 e. The summed E-state index contributed by atoms with van der Waals surface area (Å²) in [5, 5.41) is 1.36. The normalized spacial score (nSPS) is 16.9. The summed E-state index contributed by atoms with van der Waals surface area (Å²) in [4.78, 5) is 0. The average molecular weight is 211 g/mol. The first-order chi connectivity index (χ1) is 7.63. The van der Waals surface area contributed by atoms with Crippen molar-refractivity contribution in [3.63, 3.8) is 0 Å². The molecule has 0 N–H and O–H groups in total. The van der Waals surface area contributed by atoms with Crippen molar-refractivity contribution in [3.8, 4) is 0 Å². The smallest absolute Gasteiger partial charge is 0.0527 e. The zero-order valence-electron chi connectivity index (χ0n) is 10.1. The van der Waals surface area contributed by atoms with Gasteiger partial charge in [0.15, 0.2) is 0 Å². The van der Waals surface area contributed by atoms with Crippen molar-refractivity contribution in [1.29, 1.82) is 0 Å². The number of rotatable bonds is 1. The van der Waals surface area contributed by atoms with Crippen LogP contribution >= 0.6 is 0 Å². The van der Waals surface area contributed by atoms with Crippen LogP contribution in [-0.4, -0.2) is 4.57 Å². The van der Waals surface area contributed by atoms with Crippen LogP contribution in [0, 0.1) is 0 Å². The maximum absolute atomic E-state index is 2.35. The number of benzene rings is 1. The molecule has 0 amide bonds. The first-order valence-electron chi connectivity index (χ1n) is 5.95. The van der Waals surface area contributed by atoms with Gasteiger partial charge in [-0.1, -0.05) is 38.1 Å². The third-order valence-electron chi connectivity index (χ3n) is 3.63. The molecule has 0 spiro atoms. The summed E-state index contributed by atoms with van der Waals surface area (Å²) in [6.45, 7) is 7.83. The quantitative estimate of drug-likeness (QED) is 0.672. The van der Waals surface area contributed by atoms with Gasteiger partial charge in [0.05, 0.1) is 5.52 Å². The van der Waals surface area contributed by atoms with E-state index in [2.05, 4.69) is 61.9 Å². The first-order valence-corrected chi connectivity index (χ1v) is 5.95. The molecule has 0 saturated heterocycles. The molecule has 1 aromatic heterocycles. The average Bonchev–Trinajstić information content (AvgIpc) is 2.79. The third-order valence-corrected chi connectivity index (χ3v) is 3.63. The van der Waals surface area contributed by atoms with Gasteiger partial charge in [0.1, 0.15) is 0 Å². The molecule has 3 rings (SSSR count). The standard InChI is InChI=1S/C15H17N/c1-4-16-10-8-12-6-5-11-7-9-15(2,3)13(11)14(12)16/h5-10H,4H2,1-3H3. The Hall–Kier alpha value is -1.50. The van der Waals surface area contributed by atoms with Gasteiger partial charge in [0.2, 0.25) is 0 Å². The molecule has 82 valence electrons. The van der Waals surface area contributed by atoms with Crippen LogP contribution in [0.1, 0.15) is 31.9 Å². The van der Waals surface area contributed by atoms with Gasteiger partial charge in [0, 0.05) is 18.2 Å². The zero-order chi connectivity index (χ0) is 11.3. The Morgan fingerprint density at radius 1 is 1.19 bits per heavy atom. The topological polar surface area (TPSA) is 4.93 Å². The number of hydrogen-bond donors (Lipinski definition) is 0. The van der Waals surface area contributed by atoms with E-state index in [1.165, 1.54) is 22.0 Å². The Balaban J connectivity index is 2.44. The molecule has 0 saturated carbocycles. The predicted octanol–water partition coefficient (Wildman–Crippen LogP) is 3.97. The fraction of sp³-hybridized carbons (Fsp3) is 0.333. The van der Waals surface area contributed by atoms with Gasteiger partial charge in [-0.3, -0.25) is 0 Å². The minimum atomic E-state index is 0.167. The number of fused-ring (bicyclic) bond motifs is 3. The van der Waals surface area contributed by atoms with Gasteiger partial charge >= 0.3 is 0 Å². The zero-order valence-corrected chi connectivity index (χ0v) is 10.1. The fourth-order valence-corrected chi connectivity index (χ4v) is 2.77. The number of hydrogen-bond acceptors (Lipinski definition) is 0. The maximum Gasteiger partial charge on any atom is 0.0527 e. The summed E-state index contributed by atoms with van der Waals surface area (Å²) in [6, 6.07) is 6.68. The van der Waals surface area contributed by atoms with Crippen molar-refractivity contribution in [2.24, 2.45) is 0 Å². The van der Waals surface area contributed by atoms with Crippen LogP contribution in [0.4, 0.5) is 0 Å². The van der Waals surface area contributed by atoms with Gasteiger partial charge < -0.3 is 4.57 Å². The highest BCUT2D eigenvalue weighted by atomic mass is 14.9. The molecule has 0 aliphatic heterocycles. The number of allylic oxidation sites excluding steroid dienone is 1. The fourth-order valence-electron chi connectivity index (χ4n) is 2.77. The highest BCUT2D eigenvalue weighted by Gasteiger charge is 2.28. The van der Waals surface area contributed by atoms with Gasteiger partial charge in [-0.15, -0.1) is 0 Å². The summed E-state index contributed by atoms with van der Waals surface area (Å²) in [7, 11) is 0. The first kappa shape index (κ1) is 9.71. The lowest BCUT2D eigenvalue weighted by atomic mass is 9.86. The van der Waals surface area contributed by atoms with E-state index in [1.807, 2.05) is 0 Å². The molecule has 1 aliphatic carbocycles. The number of nitrogens with zero attached hydrogens (tertiary/aromatic N) is 1. The lowest BCUT2D eigenvalue weighted by molar-refractivity contribution is 0.679. The molecule has 0 atom stereocenters. The molecule has 16 heavy (non-hydrogen) atoms. The van der Waals surface area contributed by atoms with Crippen molar-refractivity contribution < 1.29 is 0 Å². The molecular formula is C15H17N. The molecule has 2 aromatic rings. The van der Waals surface area contributed by atoms with E-state index in [9.17, 15) is 0 Å². The van der Waals surface area contributed by atoms with Crippen LogP contribution in [0.3, 0.4) is 0 Å². The van der Waals surface area contributed by atoms with Crippen molar-refractivity contribution >= 4 is 17.0 Å². The molecule has 1 heteroatoms. The Morgan fingerprint density at radius 2 is 2.00 bits per heavy atom. The highest BCUT2D eigenvalue weighted by molar-refractivity contribution is 5.90. The molecule has 0 unspecified atom stereocenters. The molecule has 1 aliphatic rings. The van der Waals surface area contributed by atoms with Crippen molar-refractivity contribution in [2.75, 3.05) is 0 Å². The van der Waals surface area contributed by atoms with Crippen LogP contribution < -0.4 is 0 Å². The van der Waals surface area contributed by atoms with Crippen molar-refractivity contribution in [3.05, 3.63) is 41.6 Å². The van der Waals surface area contributed by atoms with E-state index >= 15 is 0 Å². The third kappa shape index (κ3) is 1.12. The summed E-state index contributed by atoms with van der Waals surface area (Å²) in [6.07, 6.45) is 6.76. The molecule has 1 nitrogen and oxygen atoms in total. The van der Waals surface area contributed by atoms with E-state index in [0.29, 0.717) is 0 Å². The second-order valence-electron chi connectivity index (χ2n) is 5.12. The Kier molecular flexibility index (Phi) is 1.82. The largest absolute Gasteiger partial charge is 0.347 e. The SMILES string of the molecule is CCn1ccc2ccc3c(c21)C(C)(C)C=C3. The molecule has 1 aromatic carbocycles. The van der Waals surface area contributed by atoms with E-state index in [-0.39, 0.29) is 5.41 Å². The lowest BCUT2D eigenvalue weighted by Crippen LogP contribution is -2.13. The molecule has 1 heterocycles. The second-order valence-corrected chi connectivity index (χ2v) is 5.12. The molecule has 0 radical (unpaired) electrons. The van der Waals surface area contributed by atoms with Gasteiger partial charge in [-0.25, -0.2) is 0 Å². The van der Waals surface area contributed by atoms with Gasteiger partial charge in [-0.2, -0.15) is 0 Å². The van der Waals surface area contributed by atoms with Crippen LogP contribution in [0.2, 0.25) is 0 Å². The molecular weight excluding hydrogens is 194 g/mol. The van der Waals surface area contributed by atoms with Gasteiger partial charge in [0.25, 0.3) is 0 Å². The van der Waals surface area contributed by atoms with Gasteiger partial charge in [-0.05, 0) is 29.5 Å². The number of aromatic nitrogens is 1. The van der Waals surface area contributed by atoms with Crippen molar-refractivity contribution in [1.82, 2.24) is 4.57 Å². The van der Waals surface area contributed by atoms with E-state index in [1.54, 1.807) is 0 Å². The van der Waals surface area contributed by atoms with Crippen LogP contribution in [0.5, 0.6) is 0 Å². The summed E-state index contributed by atoms with van der Waals surface area (Å²) in [5.74, 6) is 0. The summed E-state index contributed by atoms with van der Waals surface area (Å²) < 4.78 is 2.35. The Labute approximate surface area is 96.4 Å². The van der Waals surface area contributed by atoms with Crippen LogP contribution in [-0.2, 0) is 12.0 Å². The lowest BCUT2D eigenvalue weighted by Gasteiger charge is -2.20. The van der Waals surface area contributed by atoms with E-state index in [0.717, 1.165) is 6.54 Å². The van der Waals surface area contributed by atoms with Crippen molar-refractivity contribution in [2.45, 2.75) is 32.7 Å². The second kappa shape index (κ2) is 3.00. The maximum atomic E-state index is 2.35. The minimum absolute atomic E-state index is 0.167. The van der Waals surface area contributed by atoms with Crippen LogP contribution in [0.15, 0.2) is 30.5 Å². The molecule has 0 fully saturated rings. The predicted molar refractivity (Wildman–Crippen MR) is 69.7 cm³/mol. The molecule has 0 bridgehead atoms. The Bertz CT molecular complexity index is 585. The number of aryl methyl sites for hydroxylation is 1. The monoisotopic (exact) mass is 211 g/mol. The highest BCUT2D eigenvalue weighted by Crippen LogP contribution is 2.40. The summed E-state index contributed by atoms with van der Waals surface area (Å²) >= 11 is 0. The van der Waals surface area contributed by atoms with E-state index in [4.69, 9.17) is 0 Å². The van der Waals surface area contributed by atoms with Crippen LogP contribution in [0.25, 0.3) is 17.0 Å².